The molecule has 1 fully saturated rings. The third kappa shape index (κ3) is 4.57. The maximum atomic E-state index is 13.3. The number of aryl methyl sites for hydroxylation is 1. The molecule has 0 unspecified atom stereocenters. The van der Waals surface area contributed by atoms with E-state index < -0.39 is 0 Å². The van der Waals surface area contributed by atoms with Gasteiger partial charge in [-0.25, -0.2) is 4.39 Å². The van der Waals surface area contributed by atoms with Gasteiger partial charge in [-0.1, -0.05) is 24.3 Å². The number of amides is 1. The predicted molar refractivity (Wildman–Crippen MR) is 95.4 cm³/mol. The fourth-order valence-electron chi connectivity index (χ4n) is 2.98. The Balaban J connectivity index is 1.44. The van der Waals surface area contributed by atoms with Gasteiger partial charge >= 0.3 is 0 Å². The van der Waals surface area contributed by atoms with Gasteiger partial charge in [-0.15, -0.1) is 0 Å². The lowest BCUT2D eigenvalue weighted by molar-refractivity contribution is 0.0619. The number of piperazine rings is 1. The molecule has 4 nitrogen and oxygen atoms in total. The van der Waals surface area contributed by atoms with E-state index in [0.717, 1.165) is 30.9 Å². The Labute approximate surface area is 147 Å². The molecule has 1 saturated heterocycles. The van der Waals surface area contributed by atoms with Crippen molar-refractivity contribution in [3.8, 4) is 5.75 Å². The Hall–Kier alpha value is -2.40. The average Bonchev–Trinajstić information content (AvgIpc) is 2.63. The van der Waals surface area contributed by atoms with Crippen LogP contribution >= 0.6 is 0 Å². The molecule has 132 valence electrons. The number of rotatable bonds is 5. The molecular formula is C20H23FN2O2. The first-order valence-electron chi connectivity index (χ1n) is 8.59. The van der Waals surface area contributed by atoms with E-state index in [1.54, 1.807) is 17.0 Å². The van der Waals surface area contributed by atoms with Crippen LogP contribution in [0.5, 0.6) is 5.75 Å². The van der Waals surface area contributed by atoms with Crippen molar-refractivity contribution in [3.63, 3.8) is 0 Å². The van der Waals surface area contributed by atoms with Crippen LogP contribution in [0.1, 0.15) is 15.9 Å². The second kappa shape index (κ2) is 8.12. The van der Waals surface area contributed by atoms with Crippen LogP contribution in [0.15, 0.2) is 48.5 Å². The van der Waals surface area contributed by atoms with Gasteiger partial charge in [-0.2, -0.15) is 0 Å². The van der Waals surface area contributed by atoms with Gasteiger partial charge < -0.3 is 9.64 Å². The van der Waals surface area contributed by atoms with Crippen LogP contribution in [0.3, 0.4) is 0 Å². The Kier molecular flexibility index (Phi) is 5.66. The summed E-state index contributed by atoms with van der Waals surface area (Å²) in [6.07, 6.45) is 0. The van der Waals surface area contributed by atoms with Crippen LogP contribution in [-0.2, 0) is 0 Å². The summed E-state index contributed by atoms with van der Waals surface area (Å²) in [6.45, 7) is 6.40. The lowest BCUT2D eigenvalue weighted by Gasteiger charge is -2.34. The number of carbonyl (C=O) groups is 1. The summed E-state index contributed by atoms with van der Waals surface area (Å²) in [7, 11) is 0. The molecule has 0 aromatic heterocycles. The molecule has 0 aliphatic carbocycles. The van der Waals surface area contributed by atoms with Gasteiger partial charge in [0.05, 0.1) is 0 Å². The molecule has 1 amide bonds. The first-order chi connectivity index (χ1) is 12.1. The van der Waals surface area contributed by atoms with Crippen LogP contribution in [0, 0.1) is 12.7 Å². The maximum Gasteiger partial charge on any atom is 0.254 e. The van der Waals surface area contributed by atoms with Crippen molar-refractivity contribution in [3.05, 3.63) is 65.5 Å². The highest BCUT2D eigenvalue weighted by molar-refractivity contribution is 5.94. The SMILES string of the molecule is Cc1ccccc1OCCN1CCN(C(=O)c2cccc(F)c2)CC1. The van der Waals surface area contributed by atoms with Crippen molar-refractivity contribution < 1.29 is 13.9 Å². The van der Waals surface area contributed by atoms with Crippen LogP contribution in [-0.4, -0.2) is 55.0 Å². The van der Waals surface area contributed by atoms with Gasteiger partial charge in [0.2, 0.25) is 0 Å². The van der Waals surface area contributed by atoms with Gasteiger partial charge in [0.25, 0.3) is 5.91 Å². The zero-order valence-corrected chi connectivity index (χ0v) is 14.5. The van der Waals surface area contributed by atoms with Gasteiger partial charge in [0.15, 0.2) is 0 Å². The summed E-state index contributed by atoms with van der Waals surface area (Å²) < 4.78 is 19.1. The molecule has 1 heterocycles. The Bertz CT molecular complexity index is 727. The van der Waals surface area contributed by atoms with Crippen LogP contribution < -0.4 is 4.74 Å². The quantitative estimate of drug-likeness (QED) is 0.837. The van der Waals surface area contributed by atoms with E-state index in [2.05, 4.69) is 4.90 Å². The second-order valence-electron chi connectivity index (χ2n) is 6.26. The van der Waals surface area contributed by atoms with Crippen LogP contribution in [0.2, 0.25) is 0 Å². The highest BCUT2D eigenvalue weighted by Gasteiger charge is 2.22. The van der Waals surface area contributed by atoms with Gasteiger partial charge in [0, 0.05) is 38.3 Å². The Morgan fingerprint density at radius 3 is 2.56 bits per heavy atom. The highest BCUT2D eigenvalue weighted by Crippen LogP contribution is 2.16. The minimum atomic E-state index is -0.377. The number of nitrogens with zero attached hydrogens (tertiary/aromatic N) is 2. The molecule has 0 bridgehead atoms. The van der Waals surface area contributed by atoms with E-state index in [1.165, 1.54) is 12.1 Å². The standard InChI is InChI=1S/C20H23FN2O2/c1-16-5-2-3-8-19(16)25-14-13-22-9-11-23(12-10-22)20(24)17-6-4-7-18(21)15-17/h2-8,15H,9-14H2,1H3. The van der Waals surface area contributed by atoms with Crippen LogP contribution in [0.25, 0.3) is 0 Å². The van der Waals surface area contributed by atoms with Crippen molar-refractivity contribution in [2.45, 2.75) is 6.92 Å². The van der Waals surface area contributed by atoms with Crippen molar-refractivity contribution in [1.82, 2.24) is 9.80 Å². The number of hydrogen-bond donors (Lipinski definition) is 0. The molecule has 1 aliphatic heterocycles. The van der Waals surface area contributed by atoms with Gasteiger partial charge in [-0.3, -0.25) is 9.69 Å². The lowest BCUT2D eigenvalue weighted by Crippen LogP contribution is -2.49. The highest BCUT2D eigenvalue weighted by atomic mass is 19.1. The number of para-hydroxylation sites is 1. The van der Waals surface area contributed by atoms with Crippen LogP contribution in [0.4, 0.5) is 4.39 Å². The lowest BCUT2D eigenvalue weighted by atomic mass is 10.1. The summed E-state index contributed by atoms with van der Waals surface area (Å²) in [6, 6.07) is 13.9. The molecule has 0 spiro atoms. The van der Waals surface area contributed by atoms with Crippen molar-refractivity contribution in [2.75, 3.05) is 39.3 Å². The summed E-state index contributed by atoms with van der Waals surface area (Å²) >= 11 is 0. The van der Waals surface area contributed by atoms with E-state index in [1.807, 2.05) is 31.2 Å². The smallest absolute Gasteiger partial charge is 0.254 e. The van der Waals surface area contributed by atoms with E-state index in [0.29, 0.717) is 25.3 Å². The molecule has 5 heteroatoms. The summed E-state index contributed by atoms with van der Waals surface area (Å²) in [5.74, 6) is 0.440. The average molecular weight is 342 g/mol. The zero-order chi connectivity index (χ0) is 17.6. The first-order valence-corrected chi connectivity index (χ1v) is 8.59. The van der Waals surface area contributed by atoms with E-state index in [-0.39, 0.29) is 11.7 Å². The largest absolute Gasteiger partial charge is 0.492 e. The number of halogens is 1. The maximum absolute atomic E-state index is 13.3. The minimum Gasteiger partial charge on any atom is -0.492 e. The Morgan fingerprint density at radius 1 is 1.08 bits per heavy atom. The molecule has 1 aliphatic rings. The molecule has 25 heavy (non-hydrogen) atoms. The van der Waals surface area contributed by atoms with Gasteiger partial charge in [-0.05, 0) is 36.8 Å². The third-order valence-electron chi connectivity index (χ3n) is 4.49. The normalized spacial score (nSPS) is 15.2. The first kappa shape index (κ1) is 17.4. The summed E-state index contributed by atoms with van der Waals surface area (Å²) in [5, 5.41) is 0. The second-order valence-corrected chi connectivity index (χ2v) is 6.26. The number of ether oxygens (including phenoxy) is 1. The third-order valence-corrected chi connectivity index (χ3v) is 4.49. The molecule has 2 aromatic rings. The number of hydrogen-bond acceptors (Lipinski definition) is 3. The van der Waals surface area contributed by atoms with E-state index >= 15 is 0 Å². The summed E-state index contributed by atoms with van der Waals surface area (Å²) in [5.41, 5.74) is 1.55. The topological polar surface area (TPSA) is 32.8 Å². The molecule has 0 N–H and O–H groups in total. The summed E-state index contributed by atoms with van der Waals surface area (Å²) in [4.78, 5) is 16.5. The van der Waals surface area contributed by atoms with E-state index in [4.69, 9.17) is 4.74 Å². The van der Waals surface area contributed by atoms with Gasteiger partial charge in [0.1, 0.15) is 18.2 Å². The molecular weight excluding hydrogens is 319 g/mol. The molecule has 3 rings (SSSR count). The van der Waals surface area contributed by atoms with Crippen molar-refractivity contribution in [2.24, 2.45) is 0 Å². The fourth-order valence-corrected chi connectivity index (χ4v) is 2.98. The molecule has 2 aromatic carbocycles. The van der Waals surface area contributed by atoms with E-state index in [9.17, 15) is 9.18 Å². The van der Waals surface area contributed by atoms with Crippen molar-refractivity contribution in [1.29, 1.82) is 0 Å². The number of benzene rings is 2. The number of carbonyl (C=O) groups excluding carboxylic acids is 1. The predicted octanol–water partition coefficient (Wildman–Crippen LogP) is 2.97. The van der Waals surface area contributed by atoms with Crippen molar-refractivity contribution >= 4 is 5.91 Å². The molecule has 0 radical (unpaired) electrons. The monoisotopic (exact) mass is 342 g/mol. The molecule has 0 saturated carbocycles. The Morgan fingerprint density at radius 2 is 1.84 bits per heavy atom. The minimum absolute atomic E-state index is 0.102. The molecule has 0 atom stereocenters. The fraction of sp³-hybridized carbons (Fsp3) is 0.350. The zero-order valence-electron chi connectivity index (χ0n) is 14.5.